The summed E-state index contributed by atoms with van der Waals surface area (Å²) in [5.74, 6) is 2.77. The van der Waals surface area contributed by atoms with Gasteiger partial charge in [-0.2, -0.15) is 11.8 Å². The molecule has 0 aliphatic carbocycles. The maximum Gasteiger partial charge on any atom is 0.146 e. The largest absolute Gasteiger partial charge is 0.239 e. The van der Waals surface area contributed by atoms with E-state index in [4.69, 9.17) is 11.6 Å². The minimum atomic E-state index is 0.488. The molecular weight excluding hydrogens is 272 g/mol. The molecule has 5 heteroatoms. The van der Waals surface area contributed by atoms with Gasteiger partial charge in [0, 0.05) is 6.20 Å². The van der Waals surface area contributed by atoms with Crippen molar-refractivity contribution in [2.24, 2.45) is 0 Å². The number of hydrogen-bond donors (Lipinski definition) is 0. The van der Waals surface area contributed by atoms with Crippen LogP contribution in [0.4, 0.5) is 0 Å². The van der Waals surface area contributed by atoms with E-state index in [1.165, 1.54) is 6.42 Å². The van der Waals surface area contributed by atoms with E-state index < -0.39 is 0 Å². The fraction of sp³-hybridized carbons (Fsp3) is 0.500. The number of aromatic nitrogens is 2. The molecule has 0 aliphatic rings. The summed E-state index contributed by atoms with van der Waals surface area (Å²) in [4.78, 5) is 8.28. The van der Waals surface area contributed by atoms with E-state index in [1.54, 1.807) is 6.20 Å². The van der Waals surface area contributed by atoms with Gasteiger partial charge in [-0.3, -0.25) is 0 Å². The summed E-state index contributed by atoms with van der Waals surface area (Å²) >= 11 is 10.9. The standard InChI is InChI=1S/C8H10BrClN2S/c1-2-3-13-5-7-11-4-6(9)8(10)12-7/h4H,2-3,5H2,1H3. The number of halogens is 2. The fourth-order valence-electron chi connectivity index (χ4n) is 0.757. The third kappa shape index (κ3) is 3.83. The van der Waals surface area contributed by atoms with Crippen molar-refractivity contribution in [2.75, 3.05) is 5.75 Å². The Balaban J connectivity index is 2.53. The van der Waals surface area contributed by atoms with Crippen molar-refractivity contribution in [1.29, 1.82) is 0 Å². The zero-order chi connectivity index (χ0) is 9.68. The minimum absolute atomic E-state index is 0.488. The van der Waals surface area contributed by atoms with Crippen LogP contribution in [0.3, 0.4) is 0 Å². The summed E-state index contributed by atoms with van der Waals surface area (Å²) in [5, 5.41) is 0.488. The van der Waals surface area contributed by atoms with E-state index >= 15 is 0 Å². The second-order valence-electron chi connectivity index (χ2n) is 2.48. The topological polar surface area (TPSA) is 25.8 Å². The SMILES string of the molecule is CCCSCc1ncc(Br)c(Cl)n1. The molecule has 0 spiro atoms. The molecule has 1 aromatic rings. The summed E-state index contributed by atoms with van der Waals surface area (Å²) in [6.45, 7) is 2.16. The molecule has 0 radical (unpaired) electrons. The van der Waals surface area contributed by atoms with E-state index in [-0.39, 0.29) is 0 Å². The molecule has 0 fully saturated rings. The van der Waals surface area contributed by atoms with Gasteiger partial charge in [-0.25, -0.2) is 9.97 Å². The molecule has 72 valence electrons. The van der Waals surface area contributed by atoms with Gasteiger partial charge in [0.1, 0.15) is 11.0 Å². The summed E-state index contributed by atoms with van der Waals surface area (Å²) in [6, 6.07) is 0. The van der Waals surface area contributed by atoms with Gasteiger partial charge < -0.3 is 0 Å². The Morgan fingerprint density at radius 3 is 3.00 bits per heavy atom. The predicted molar refractivity (Wildman–Crippen MR) is 61.2 cm³/mol. The quantitative estimate of drug-likeness (QED) is 0.624. The predicted octanol–water partition coefficient (Wildman–Crippen LogP) is 3.54. The molecule has 1 heterocycles. The Kier molecular flexibility index (Phi) is 5.06. The van der Waals surface area contributed by atoms with Crippen LogP contribution in [-0.4, -0.2) is 15.7 Å². The first-order valence-corrected chi connectivity index (χ1v) is 6.31. The van der Waals surface area contributed by atoms with E-state index in [0.717, 1.165) is 21.8 Å². The van der Waals surface area contributed by atoms with Gasteiger partial charge in [-0.15, -0.1) is 0 Å². The summed E-state index contributed by atoms with van der Waals surface area (Å²) < 4.78 is 0.749. The summed E-state index contributed by atoms with van der Waals surface area (Å²) in [6.07, 6.45) is 2.87. The van der Waals surface area contributed by atoms with Crippen molar-refractivity contribution in [1.82, 2.24) is 9.97 Å². The van der Waals surface area contributed by atoms with Crippen LogP contribution in [-0.2, 0) is 5.75 Å². The highest BCUT2D eigenvalue weighted by molar-refractivity contribution is 9.10. The van der Waals surface area contributed by atoms with Crippen LogP contribution in [0.5, 0.6) is 0 Å². The Morgan fingerprint density at radius 2 is 2.38 bits per heavy atom. The Hall–Kier alpha value is 0.200. The smallest absolute Gasteiger partial charge is 0.146 e. The molecule has 0 unspecified atom stereocenters. The Bertz CT molecular complexity index is 283. The van der Waals surface area contributed by atoms with E-state index in [1.807, 2.05) is 11.8 Å². The first kappa shape index (κ1) is 11.3. The van der Waals surface area contributed by atoms with E-state index in [9.17, 15) is 0 Å². The van der Waals surface area contributed by atoms with Gasteiger partial charge in [0.25, 0.3) is 0 Å². The average Bonchev–Trinajstić information content (AvgIpc) is 2.12. The van der Waals surface area contributed by atoms with Gasteiger partial charge in [0.2, 0.25) is 0 Å². The van der Waals surface area contributed by atoms with Crippen molar-refractivity contribution in [3.05, 3.63) is 21.6 Å². The third-order valence-electron chi connectivity index (χ3n) is 1.33. The van der Waals surface area contributed by atoms with Gasteiger partial charge >= 0.3 is 0 Å². The molecule has 0 amide bonds. The lowest BCUT2D eigenvalue weighted by Crippen LogP contribution is -1.93. The number of nitrogens with zero attached hydrogens (tertiary/aromatic N) is 2. The van der Waals surface area contributed by atoms with Crippen LogP contribution in [0, 0.1) is 0 Å². The van der Waals surface area contributed by atoms with Crippen LogP contribution in [0.25, 0.3) is 0 Å². The maximum absolute atomic E-state index is 5.82. The second kappa shape index (κ2) is 5.83. The van der Waals surface area contributed by atoms with Crippen LogP contribution in [0.15, 0.2) is 10.7 Å². The monoisotopic (exact) mass is 280 g/mol. The van der Waals surface area contributed by atoms with Gasteiger partial charge in [-0.05, 0) is 28.1 Å². The molecule has 0 atom stereocenters. The Morgan fingerprint density at radius 1 is 1.62 bits per heavy atom. The molecular formula is C8H10BrClN2S. The van der Waals surface area contributed by atoms with Gasteiger partial charge in [0.05, 0.1) is 10.2 Å². The fourth-order valence-corrected chi connectivity index (χ4v) is 1.85. The summed E-state index contributed by atoms with van der Waals surface area (Å²) in [5.41, 5.74) is 0. The van der Waals surface area contributed by atoms with Crippen LogP contribution < -0.4 is 0 Å². The zero-order valence-corrected chi connectivity index (χ0v) is 10.4. The third-order valence-corrected chi connectivity index (χ3v) is 3.59. The first-order valence-electron chi connectivity index (χ1n) is 3.98. The molecule has 0 bridgehead atoms. The number of thioether (sulfide) groups is 1. The van der Waals surface area contributed by atoms with Crippen LogP contribution in [0.1, 0.15) is 19.2 Å². The molecule has 0 saturated carbocycles. The molecule has 0 N–H and O–H groups in total. The highest BCUT2D eigenvalue weighted by Gasteiger charge is 2.01. The number of rotatable bonds is 4. The van der Waals surface area contributed by atoms with Crippen LogP contribution >= 0.6 is 39.3 Å². The van der Waals surface area contributed by atoms with Crippen molar-refractivity contribution >= 4 is 39.3 Å². The normalized spacial score (nSPS) is 10.4. The Labute approximate surface area is 95.6 Å². The first-order chi connectivity index (χ1) is 6.24. The lowest BCUT2D eigenvalue weighted by molar-refractivity contribution is 1.02. The lowest BCUT2D eigenvalue weighted by atomic mass is 10.6. The molecule has 0 aliphatic heterocycles. The van der Waals surface area contributed by atoms with Crippen molar-refractivity contribution in [3.8, 4) is 0 Å². The zero-order valence-electron chi connectivity index (χ0n) is 7.26. The average molecular weight is 282 g/mol. The van der Waals surface area contributed by atoms with E-state index in [2.05, 4.69) is 32.8 Å². The highest BCUT2D eigenvalue weighted by Crippen LogP contribution is 2.19. The lowest BCUT2D eigenvalue weighted by Gasteiger charge is -2.00. The van der Waals surface area contributed by atoms with Crippen molar-refractivity contribution < 1.29 is 0 Å². The van der Waals surface area contributed by atoms with Crippen molar-refractivity contribution in [2.45, 2.75) is 19.1 Å². The summed E-state index contributed by atoms with van der Waals surface area (Å²) in [7, 11) is 0. The second-order valence-corrected chi connectivity index (χ2v) is 4.80. The molecule has 1 rings (SSSR count). The molecule has 1 aromatic heterocycles. The molecule has 2 nitrogen and oxygen atoms in total. The van der Waals surface area contributed by atoms with Crippen molar-refractivity contribution in [3.63, 3.8) is 0 Å². The number of hydrogen-bond acceptors (Lipinski definition) is 3. The minimum Gasteiger partial charge on any atom is -0.239 e. The van der Waals surface area contributed by atoms with Gasteiger partial charge in [0.15, 0.2) is 0 Å². The highest BCUT2D eigenvalue weighted by atomic mass is 79.9. The van der Waals surface area contributed by atoms with Crippen LogP contribution in [0.2, 0.25) is 5.15 Å². The molecule has 0 aromatic carbocycles. The molecule has 0 saturated heterocycles. The maximum atomic E-state index is 5.82. The molecule has 13 heavy (non-hydrogen) atoms. The van der Waals surface area contributed by atoms with Gasteiger partial charge in [-0.1, -0.05) is 18.5 Å². The van der Waals surface area contributed by atoms with E-state index in [0.29, 0.717) is 5.15 Å².